The number of piperazine rings is 1. The third-order valence-corrected chi connectivity index (χ3v) is 6.96. The van der Waals surface area contributed by atoms with Gasteiger partial charge >= 0.3 is 0 Å². The van der Waals surface area contributed by atoms with E-state index < -0.39 is 9.84 Å². The van der Waals surface area contributed by atoms with Crippen LogP contribution in [0.5, 0.6) is 5.75 Å². The lowest BCUT2D eigenvalue weighted by atomic mass is 10.0. The minimum absolute atomic E-state index is 0.00803. The zero-order valence-electron chi connectivity index (χ0n) is 15.1. The van der Waals surface area contributed by atoms with Crippen molar-refractivity contribution in [3.63, 3.8) is 0 Å². The number of nitrogens with zero attached hydrogens (tertiary/aromatic N) is 2. The molecule has 2 heterocycles. The van der Waals surface area contributed by atoms with Crippen molar-refractivity contribution in [2.45, 2.75) is 18.6 Å². The van der Waals surface area contributed by atoms with E-state index in [0.717, 1.165) is 5.56 Å². The first kappa shape index (κ1) is 18.0. The van der Waals surface area contributed by atoms with Crippen LogP contribution in [0.25, 0.3) is 0 Å². The molecule has 2 fully saturated rings. The van der Waals surface area contributed by atoms with E-state index in [9.17, 15) is 13.2 Å². The van der Waals surface area contributed by atoms with Crippen LogP contribution in [-0.2, 0) is 21.2 Å². The summed E-state index contributed by atoms with van der Waals surface area (Å²) in [5.41, 5.74) is 1.76. The summed E-state index contributed by atoms with van der Waals surface area (Å²) in [6, 6.07) is 16.5. The molecule has 2 aromatic carbocycles. The summed E-state index contributed by atoms with van der Waals surface area (Å²) < 4.78 is 30.1. The molecule has 27 heavy (non-hydrogen) atoms. The first-order valence-corrected chi connectivity index (χ1v) is 10.7. The van der Waals surface area contributed by atoms with Gasteiger partial charge in [0.1, 0.15) is 5.75 Å². The molecule has 0 bridgehead atoms. The number of carbonyl (C=O) groups excluding carboxylic acids is 1. The number of amides is 1. The molecule has 0 spiro atoms. The highest BCUT2D eigenvalue weighted by molar-refractivity contribution is 7.91. The maximum atomic E-state index is 13.0. The Bertz CT molecular complexity index is 945. The molecule has 6 nitrogen and oxygen atoms in total. The smallest absolute Gasteiger partial charge is 0.241 e. The molecule has 0 saturated carbocycles. The average molecular weight is 386 g/mol. The maximum Gasteiger partial charge on any atom is 0.241 e. The lowest BCUT2D eigenvalue weighted by Crippen LogP contribution is -2.61. The third kappa shape index (κ3) is 3.57. The number of benzene rings is 2. The molecule has 0 aromatic heterocycles. The number of hydrogen-bond donors (Lipinski definition) is 0. The van der Waals surface area contributed by atoms with E-state index in [4.69, 9.17) is 4.74 Å². The van der Waals surface area contributed by atoms with E-state index in [-0.39, 0.29) is 36.0 Å². The van der Waals surface area contributed by atoms with Gasteiger partial charge in [-0.1, -0.05) is 36.4 Å². The van der Waals surface area contributed by atoms with Crippen molar-refractivity contribution in [1.82, 2.24) is 4.90 Å². The number of sulfone groups is 1. The fourth-order valence-electron chi connectivity index (χ4n) is 4.04. The summed E-state index contributed by atoms with van der Waals surface area (Å²) >= 11 is 0. The van der Waals surface area contributed by atoms with Crippen molar-refractivity contribution < 1.29 is 17.9 Å². The van der Waals surface area contributed by atoms with E-state index in [1.54, 1.807) is 18.1 Å². The van der Waals surface area contributed by atoms with Crippen LogP contribution < -0.4 is 9.64 Å². The number of hydrogen-bond acceptors (Lipinski definition) is 5. The lowest BCUT2D eigenvalue weighted by molar-refractivity contribution is -0.123. The summed E-state index contributed by atoms with van der Waals surface area (Å²) in [5, 5.41) is 0. The highest BCUT2D eigenvalue weighted by atomic mass is 32.2. The number of rotatable bonds is 4. The second-order valence-electron chi connectivity index (χ2n) is 7.07. The minimum atomic E-state index is -3.20. The molecule has 2 aromatic rings. The third-order valence-electron chi connectivity index (χ3n) is 5.26. The molecule has 2 unspecified atom stereocenters. The van der Waals surface area contributed by atoms with E-state index in [1.807, 2.05) is 53.4 Å². The number of anilines is 1. The molecular weight excluding hydrogens is 364 g/mol. The molecule has 0 aliphatic carbocycles. The van der Waals surface area contributed by atoms with Crippen LogP contribution in [0.2, 0.25) is 0 Å². The topological polar surface area (TPSA) is 66.9 Å². The molecular formula is C20H22N2O4S. The summed E-state index contributed by atoms with van der Waals surface area (Å²) in [6.45, 7) is 0.762. The van der Waals surface area contributed by atoms with Gasteiger partial charge in [0.05, 0.1) is 31.2 Å². The van der Waals surface area contributed by atoms with E-state index in [0.29, 0.717) is 18.0 Å². The monoisotopic (exact) mass is 386 g/mol. The van der Waals surface area contributed by atoms with E-state index in [2.05, 4.69) is 0 Å². The summed E-state index contributed by atoms with van der Waals surface area (Å²) in [4.78, 5) is 16.7. The predicted octanol–water partition coefficient (Wildman–Crippen LogP) is 1.71. The SMILES string of the molecule is COc1cccc(N2C(=O)CN(Cc3ccccc3)C3CS(=O)(=O)CC32)c1. The molecule has 142 valence electrons. The molecule has 0 N–H and O–H groups in total. The van der Waals surface area contributed by atoms with Gasteiger partial charge < -0.3 is 9.64 Å². The second kappa shape index (κ2) is 6.98. The average Bonchev–Trinajstić information content (AvgIpc) is 2.98. The van der Waals surface area contributed by atoms with Gasteiger partial charge in [-0.15, -0.1) is 0 Å². The Hall–Kier alpha value is -2.38. The van der Waals surface area contributed by atoms with Crippen LogP contribution in [0, 0.1) is 0 Å². The van der Waals surface area contributed by atoms with E-state index in [1.165, 1.54) is 0 Å². The van der Waals surface area contributed by atoms with Gasteiger partial charge in [0.2, 0.25) is 5.91 Å². The zero-order chi connectivity index (χ0) is 19.0. The van der Waals surface area contributed by atoms with Crippen LogP contribution in [-0.4, -0.2) is 56.5 Å². The summed E-state index contributed by atoms with van der Waals surface area (Å²) in [6.07, 6.45) is 0. The highest BCUT2D eigenvalue weighted by Gasteiger charge is 2.49. The standard InChI is InChI=1S/C20H22N2O4S/c1-26-17-9-5-8-16(10-17)22-19-14-27(24,25)13-18(19)21(12-20(22)23)11-15-6-3-2-4-7-15/h2-10,18-19H,11-14H2,1H3. The summed E-state index contributed by atoms with van der Waals surface area (Å²) in [5.74, 6) is 0.631. The molecule has 0 radical (unpaired) electrons. The van der Waals surface area contributed by atoms with Gasteiger partial charge in [-0.3, -0.25) is 9.69 Å². The molecule has 2 saturated heterocycles. The fourth-order valence-corrected chi connectivity index (χ4v) is 6.03. The number of fused-ring (bicyclic) bond motifs is 1. The Morgan fingerprint density at radius 3 is 2.52 bits per heavy atom. The predicted molar refractivity (Wildman–Crippen MR) is 104 cm³/mol. The van der Waals surface area contributed by atoms with Gasteiger partial charge in [0.15, 0.2) is 9.84 Å². The maximum absolute atomic E-state index is 13.0. The number of carbonyl (C=O) groups is 1. The van der Waals surface area contributed by atoms with Crippen molar-refractivity contribution in [2.24, 2.45) is 0 Å². The largest absolute Gasteiger partial charge is 0.497 e. The Morgan fingerprint density at radius 2 is 1.78 bits per heavy atom. The Balaban J connectivity index is 1.67. The zero-order valence-corrected chi connectivity index (χ0v) is 15.9. The second-order valence-corrected chi connectivity index (χ2v) is 9.22. The molecule has 2 atom stereocenters. The van der Waals surface area contributed by atoms with E-state index >= 15 is 0 Å². The first-order valence-electron chi connectivity index (χ1n) is 8.91. The van der Waals surface area contributed by atoms with Gasteiger partial charge in [0.25, 0.3) is 0 Å². The van der Waals surface area contributed by atoms with Gasteiger partial charge in [-0.05, 0) is 17.7 Å². The van der Waals surface area contributed by atoms with Gasteiger partial charge in [0, 0.05) is 24.3 Å². The van der Waals surface area contributed by atoms with Crippen molar-refractivity contribution in [3.05, 3.63) is 60.2 Å². The number of methoxy groups -OCH3 is 1. The molecule has 2 aliphatic heterocycles. The lowest BCUT2D eigenvalue weighted by Gasteiger charge is -2.43. The van der Waals surface area contributed by atoms with Crippen LogP contribution >= 0.6 is 0 Å². The molecule has 2 aliphatic rings. The number of ether oxygens (including phenoxy) is 1. The van der Waals surface area contributed by atoms with Crippen molar-refractivity contribution >= 4 is 21.4 Å². The molecule has 1 amide bonds. The first-order chi connectivity index (χ1) is 13.0. The van der Waals surface area contributed by atoms with Crippen molar-refractivity contribution in [2.75, 3.05) is 30.1 Å². The summed E-state index contributed by atoms with van der Waals surface area (Å²) in [7, 11) is -1.63. The van der Waals surface area contributed by atoms with Crippen molar-refractivity contribution in [3.8, 4) is 5.75 Å². The van der Waals surface area contributed by atoms with Crippen LogP contribution in [0.4, 0.5) is 5.69 Å². The highest BCUT2D eigenvalue weighted by Crippen LogP contribution is 2.33. The van der Waals surface area contributed by atoms with Crippen molar-refractivity contribution in [1.29, 1.82) is 0 Å². The van der Waals surface area contributed by atoms with Crippen LogP contribution in [0.3, 0.4) is 0 Å². The van der Waals surface area contributed by atoms with Gasteiger partial charge in [-0.25, -0.2) is 8.42 Å². The Labute approximate surface area is 159 Å². The van der Waals surface area contributed by atoms with Crippen LogP contribution in [0.1, 0.15) is 5.56 Å². The minimum Gasteiger partial charge on any atom is -0.497 e. The molecule has 7 heteroatoms. The Morgan fingerprint density at radius 1 is 1.04 bits per heavy atom. The normalized spacial score (nSPS) is 24.6. The molecule has 4 rings (SSSR count). The quantitative estimate of drug-likeness (QED) is 0.800. The van der Waals surface area contributed by atoms with Gasteiger partial charge in [-0.2, -0.15) is 0 Å². The fraction of sp³-hybridized carbons (Fsp3) is 0.350. The van der Waals surface area contributed by atoms with Crippen LogP contribution in [0.15, 0.2) is 54.6 Å². The Kier molecular flexibility index (Phi) is 4.65.